The summed E-state index contributed by atoms with van der Waals surface area (Å²) in [6.45, 7) is 1.78. The molecule has 0 saturated carbocycles. The zero-order valence-electron chi connectivity index (χ0n) is 20.4. The van der Waals surface area contributed by atoms with Gasteiger partial charge in [0.15, 0.2) is 0 Å². The number of benzene rings is 3. The molecule has 1 fully saturated rings. The van der Waals surface area contributed by atoms with Crippen LogP contribution in [0.2, 0.25) is 0 Å². The predicted octanol–water partition coefficient (Wildman–Crippen LogP) is 5.10. The number of fused-ring (bicyclic) bond motifs is 1. The normalized spacial score (nSPS) is 14.9. The summed E-state index contributed by atoms with van der Waals surface area (Å²) < 4.78 is 4.76. The molecule has 7 nitrogen and oxygen atoms in total. The Morgan fingerprint density at radius 1 is 1.11 bits per heavy atom. The molecule has 1 aromatic heterocycles. The fourth-order valence-electron chi connectivity index (χ4n) is 4.42. The molecule has 1 atom stereocenters. The van der Waals surface area contributed by atoms with E-state index in [1.807, 2.05) is 60.7 Å². The summed E-state index contributed by atoms with van der Waals surface area (Å²) in [5.74, 6) is 0.211. The fourth-order valence-corrected chi connectivity index (χ4v) is 6.32. The first-order chi connectivity index (χ1) is 18.0. The second-order valence-electron chi connectivity index (χ2n) is 9.15. The molecule has 0 bridgehead atoms. The van der Waals surface area contributed by atoms with Crippen LogP contribution in [0.4, 0.5) is 5.69 Å². The van der Waals surface area contributed by atoms with Crippen LogP contribution in [0.25, 0.3) is 10.2 Å². The number of hydrogen-bond acceptors (Lipinski definition) is 7. The van der Waals surface area contributed by atoms with Gasteiger partial charge >= 0.3 is 0 Å². The maximum absolute atomic E-state index is 12.7. The number of anilines is 1. The number of carbonyl (C=O) groups is 1. The number of carbonyl (C=O) groups excluding carboxylic acids is 1. The molecule has 0 spiro atoms. The molecule has 0 aliphatic carbocycles. The van der Waals surface area contributed by atoms with E-state index in [4.69, 9.17) is 16.1 Å². The van der Waals surface area contributed by atoms with E-state index >= 15 is 0 Å². The van der Waals surface area contributed by atoms with Crippen molar-refractivity contribution >= 4 is 50.9 Å². The number of nitrogens with two attached hydrogens (primary N) is 1. The van der Waals surface area contributed by atoms with E-state index in [1.54, 1.807) is 11.3 Å². The van der Waals surface area contributed by atoms with E-state index < -0.39 is 0 Å². The minimum absolute atomic E-state index is 0.0578. The van der Waals surface area contributed by atoms with Crippen LogP contribution in [0.1, 0.15) is 35.0 Å². The van der Waals surface area contributed by atoms with Crippen molar-refractivity contribution in [2.24, 2.45) is 11.7 Å². The van der Waals surface area contributed by atoms with Crippen molar-refractivity contribution in [2.45, 2.75) is 30.2 Å². The molecule has 1 aliphatic heterocycles. The molecular formula is C28H30N6OS2. The van der Waals surface area contributed by atoms with E-state index in [1.165, 1.54) is 11.9 Å². The zero-order chi connectivity index (χ0) is 25.6. The van der Waals surface area contributed by atoms with Crippen LogP contribution < -0.4 is 21.1 Å². The minimum atomic E-state index is -0.0578. The van der Waals surface area contributed by atoms with Crippen molar-refractivity contribution in [3.8, 4) is 0 Å². The number of piperidine rings is 1. The lowest BCUT2D eigenvalue weighted by molar-refractivity contribution is -0.120. The van der Waals surface area contributed by atoms with Gasteiger partial charge < -0.3 is 16.4 Å². The second kappa shape index (κ2) is 11.9. The van der Waals surface area contributed by atoms with Crippen LogP contribution in [0.5, 0.6) is 0 Å². The van der Waals surface area contributed by atoms with E-state index in [-0.39, 0.29) is 23.7 Å². The summed E-state index contributed by atoms with van der Waals surface area (Å²) in [5, 5.41) is 15.2. The van der Waals surface area contributed by atoms with Crippen molar-refractivity contribution in [3.63, 3.8) is 0 Å². The Labute approximate surface area is 224 Å². The number of rotatable bonds is 9. The molecule has 4 aromatic rings. The van der Waals surface area contributed by atoms with Crippen molar-refractivity contribution in [1.29, 1.82) is 5.41 Å². The number of nitrogen functional groups attached to an aromatic ring is 1. The first-order valence-electron chi connectivity index (χ1n) is 12.4. The van der Waals surface area contributed by atoms with Crippen molar-refractivity contribution < 1.29 is 4.79 Å². The number of thiazole rings is 1. The summed E-state index contributed by atoms with van der Waals surface area (Å²) >= 11 is 3.21. The standard InChI is InChI=1S/C28H30N6OS2/c29-26(30)20-6-3-5-18(15-20)16-24(28-33-23-9-1-2-10-25(23)36-28)34-37-22-8-4-7-21(17-22)32-27(35)19-11-13-31-14-12-19/h1-10,15,17,19,24,31,34H,11-14,16H2,(H3,29,30)(H,32,35). The first-order valence-corrected chi connectivity index (χ1v) is 14.0. The Balaban J connectivity index is 1.33. The summed E-state index contributed by atoms with van der Waals surface area (Å²) in [7, 11) is 0. The molecule has 1 saturated heterocycles. The zero-order valence-corrected chi connectivity index (χ0v) is 22.0. The quantitative estimate of drug-likeness (QED) is 0.117. The lowest BCUT2D eigenvalue weighted by Gasteiger charge is -2.22. The number of aromatic nitrogens is 1. The molecule has 2 heterocycles. The molecule has 1 amide bonds. The second-order valence-corrected chi connectivity index (χ2v) is 11.1. The SMILES string of the molecule is N=C(N)c1cccc(CC(NSc2cccc(NC(=O)C3CCNCC3)c2)c2nc3ccccc3s2)c1. The summed E-state index contributed by atoms with van der Waals surface area (Å²) in [6.07, 6.45) is 2.44. The molecule has 5 rings (SSSR count). The van der Waals surface area contributed by atoms with Gasteiger partial charge in [-0.25, -0.2) is 9.71 Å². The third-order valence-electron chi connectivity index (χ3n) is 6.42. The molecule has 6 N–H and O–H groups in total. The van der Waals surface area contributed by atoms with Gasteiger partial charge in [0, 0.05) is 22.1 Å². The maximum Gasteiger partial charge on any atom is 0.227 e. The van der Waals surface area contributed by atoms with Crippen LogP contribution in [-0.2, 0) is 11.2 Å². The van der Waals surface area contributed by atoms with Crippen LogP contribution in [-0.4, -0.2) is 29.8 Å². The highest BCUT2D eigenvalue weighted by Crippen LogP contribution is 2.31. The fraction of sp³-hybridized carbons (Fsp3) is 0.250. The predicted molar refractivity (Wildman–Crippen MR) is 153 cm³/mol. The van der Waals surface area contributed by atoms with Gasteiger partial charge in [0.05, 0.1) is 16.3 Å². The number of nitrogens with one attached hydrogen (secondary N) is 4. The van der Waals surface area contributed by atoms with Gasteiger partial charge in [0.1, 0.15) is 10.8 Å². The van der Waals surface area contributed by atoms with Crippen molar-refractivity contribution in [2.75, 3.05) is 18.4 Å². The van der Waals surface area contributed by atoms with E-state index in [2.05, 4.69) is 27.5 Å². The Morgan fingerprint density at radius 2 is 1.92 bits per heavy atom. The number of nitrogens with zero attached hydrogens (tertiary/aromatic N) is 1. The van der Waals surface area contributed by atoms with Crippen LogP contribution in [0.3, 0.4) is 0 Å². The van der Waals surface area contributed by atoms with Crippen molar-refractivity contribution in [1.82, 2.24) is 15.0 Å². The molecule has 1 unspecified atom stereocenters. The monoisotopic (exact) mass is 530 g/mol. The number of para-hydroxylation sites is 1. The number of amidine groups is 1. The first kappa shape index (κ1) is 25.4. The van der Waals surface area contributed by atoms with Gasteiger partial charge in [-0.15, -0.1) is 11.3 Å². The van der Waals surface area contributed by atoms with Gasteiger partial charge in [-0.3, -0.25) is 10.2 Å². The Kier molecular flexibility index (Phi) is 8.15. The smallest absolute Gasteiger partial charge is 0.227 e. The summed E-state index contributed by atoms with van der Waals surface area (Å²) in [4.78, 5) is 18.6. The summed E-state index contributed by atoms with van der Waals surface area (Å²) in [5.41, 5.74) is 9.31. The number of amides is 1. The maximum atomic E-state index is 12.7. The van der Waals surface area contributed by atoms with E-state index in [0.717, 1.165) is 57.3 Å². The van der Waals surface area contributed by atoms with Crippen LogP contribution in [0.15, 0.2) is 77.7 Å². The van der Waals surface area contributed by atoms with Gasteiger partial charge in [-0.05, 0) is 86.3 Å². The Morgan fingerprint density at radius 3 is 2.73 bits per heavy atom. The molecular weight excluding hydrogens is 500 g/mol. The molecule has 0 radical (unpaired) electrons. The van der Waals surface area contributed by atoms with E-state index in [9.17, 15) is 4.79 Å². The molecule has 190 valence electrons. The molecule has 1 aliphatic rings. The van der Waals surface area contributed by atoms with E-state index in [0.29, 0.717) is 12.0 Å². The minimum Gasteiger partial charge on any atom is -0.384 e. The average molecular weight is 531 g/mol. The van der Waals surface area contributed by atoms with Crippen LogP contribution in [0, 0.1) is 11.3 Å². The van der Waals surface area contributed by atoms with Gasteiger partial charge in [-0.1, -0.05) is 36.4 Å². The highest BCUT2D eigenvalue weighted by atomic mass is 32.2. The van der Waals surface area contributed by atoms with Gasteiger partial charge in [0.2, 0.25) is 5.91 Å². The third-order valence-corrected chi connectivity index (χ3v) is 8.46. The average Bonchev–Trinajstić information content (AvgIpc) is 3.36. The largest absolute Gasteiger partial charge is 0.384 e. The molecule has 9 heteroatoms. The Bertz CT molecular complexity index is 1370. The lowest BCUT2D eigenvalue weighted by atomic mass is 9.97. The third kappa shape index (κ3) is 6.56. The molecule has 37 heavy (non-hydrogen) atoms. The highest BCUT2D eigenvalue weighted by Gasteiger charge is 2.21. The number of hydrogen-bond donors (Lipinski definition) is 5. The van der Waals surface area contributed by atoms with Gasteiger partial charge in [0.25, 0.3) is 0 Å². The molecule has 3 aromatic carbocycles. The summed E-state index contributed by atoms with van der Waals surface area (Å²) in [6, 6.07) is 23.8. The Hall–Kier alpha value is -3.24. The van der Waals surface area contributed by atoms with Crippen LogP contribution >= 0.6 is 23.3 Å². The highest BCUT2D eigenvalue weighted by molar-refractivity contribution is 7.97. The lowest BCUT2D eigenvalue weighted by Crippen LogP contribution is -2.34. The topological polar surface area (TPSA) is 116 Å². The van der Waals surface area contributed by atoms with Gasteiger partial charge in [-0.2, -0.15) is 0 Å². The van der Waals surface area contributed by atoms with Crippen molar-refractivity contribution in [3.05, 3.63) is 88.9 Å².